The second kappa shape index (κ2) is 3.71. The summed E-state index contributed by atoms with van der Waals surface area (Å²) in [5.41, 5.74) is 1.98. The van der Waals surface area contributed by atoms with E-state index in [1.54, 1.807) is 24.3 Å². The number of para-hydroxylation sites is 1. The lowest BCUT2D eigenvalue weighted by atomic mass is 9.96. The average molecular weight is 226 g/mol. The molecule has 3 nitrogen and oxygen atoms in total. The molecule has 0 amide bonds. The lowest BCUT2D eigenvalue weighted by Crippen LogP contribution is -2.09. The van der Waals surface area contributed by atoms with Crippen molar-refractivity contribution in [2.75, 3.05) is 0 Å². The number of carbonyl (C=O) groups is 1. The topological polar surface area (TPSA) is 46.5 Å². The zero-order valence-corrected chi connectivity index (χ0v) is 8.96. The molecule has 1 heterocycles. The van der Waals surface area contributed by atoms with E-state index in [4.69, 9.17) is 4.74 Å². The summed E-state index contributed by atoms with van der Waals surface area (Å²) < 4.78 is 5.67. The van der Waals surface area contributed by atoms with Crippen molar-refractivity contribution < 1.29 is 14.6 Å². The smallest absolute Gasteiger partial charge is 0.150 e. The highest BCUT2D eigenvalue weighted by Crippen LogP contribution is 2.42. The number of hydrogen-bond donors (Lipinski definition) is 1. The molecular weight excluding hydrogens is 216 g/mol. The molecule has 3 heteroatoms. The van der Waals surface area contributed by atoms with Gasteiger partial charge in [-0.1, -0.05) is 30.3 Å². The van der Waals surface area contributed by atoms with Gasteiger partial charge in [0.05, 0.1) is 0 Å². The molecule has 3 rings (SSSR count). The van der Waals surface area contributed by atoms with Gasteiger partial charge >= 0.3 is 0 Å². The Kier molecular flexibility index (Phi) is 2.20. The number of fused-ring (bicyclic) bond motifs is 2. The van der Waals surface area contributed by atoms with Crippen LogP contribution in [0.25, 0.3) is 0 Å². The maximum Gasteiger partial charge on any atom is 0.150 e. The van der Waals surface area contributed by atoms with Crippen molar-refractivity contribution in [3.05, 3.63) is 59.2 Å². The highest BCUT2D eigenvalue weighted by Gasteiger charge is 2.25. The number of rotatable bonds is 1. The summed E-state index contributed by atoms with van der Waals surface area (Å²) in [6.07, 6.45) is 0.0620. The van der Waals surface area contributed by atoms with Crippen LogP contribution in [0, 0.1) is 0 Å². The summed E-state index contributed by atoms with van der Waals surface area (Å²) in [6.45, 7) is 0. The second-order valence-corrected chi connectivity index (χ2v) is 3.96. The van der Waals surface area contributed by atoms with E-state index in [9.17, 15) is 9.90 Å². The fourth-order valence-electron chi connectivity index (χ4n) is 2.02. The van der Waals surface area contributed by atoms with E-state index in [0.29, 0.717) is 22.6 Å². The van der Waals surface area contributed by atoms with Crippen LogP contribution in [0.2, 0.25) is 0 Å². The van der Waals surface area contributed by atoms with Crippen LogP contribution in [0.3, 0.4) is 0 Å². The van der Waals surface area contributed by atoms with Gasteiger partial charge in [-0.3, -0.25) is 4.79 Å². The predicted octanol–water partition coefficient (Wildman–Crippen LogP) is 2.69. The third-order valence-electron chi connectivity index (χ3n) is 2.90. The van der Waals surface area contributed by atoms with Gasteiger partial charge in [0.1, 0.15) is 23.9 Å². The van der Waals surface area contributed by atoms with Crippen molar-refractivity contribution in [1.82, 2.24) is 0 Å². The van der Waals surface area contributed by atoms with Gasteiger partial charge in [0, 0.05) is 16.7 Å². The summed E-state index contributed by atoms with van der Waals surface area (Å²) in [5.74, 6) is 1.18. The number of aliphatic hydroxyl groups is 1. The van der Waals surface area contributed by atoms with Gasteiger partial charge in [0.2, 0.25) is 0 Å². The molecule has 1 unspecified atom stereocenters. The second-order valence-electron chi connectivity index (χ2n) is 3.96. The van der Waals surface area contributed by atoms with Gasteiger partial charge in [0.25, 0.3) is 0 Å². The lowest BCUT2D eigenvalue weighted by Gasteiger charge is -2.24. The summed E-state index contributed by atoms with van der Waals surface area (Å²) in [7, 11) is 0. The van der Waals surface area contributed by atoms with Gasteiger partial charge < -0.3 is 9.84 Å². The largest absolute Gasteiger partial charge is 0.457 e. The van der Waals surface area contributed by atoms with Crippen molar-refractivity contribution in [2.45, 2.75) is 6.10 Å². The van der Waals surface area contributed by atoms with Crippen LogP contribution in [-0.4, -0.2) is 11.4 Å². The molecule has 17 heavy (non-hydrogen) atoms. The third-order valence-corrected chi connectivity index (χ3v) is 2.90. The average Bonchev–Trinajstić information content (AvgIpc) is 2.38. The molecule has 0 bridgehead atoms. The standard InChI is InChI=1S/C14H10O3/c15-8-9-5-6-11-13(7-9)17-12-4-2-1-3-10(12)14(11)16/h1-8,14,16H. The zero-order chi connectivity index (χ0) is 11.8. The first-order chi connectivity index (χ1) is 8.29. The minimum absolute atomic E-state index is 0.537. The first-order valence-corrected chi connectivity index (χ1v) is 5.33. The Bertz CT molecular complexity index is 590. The number of benzene rings is 2. The first-order valence-electron chi connectivity index (χ1n) is 5.33. The minimum Gasteiger partial charge on any atom is -0.457 e. The monoisotopic (exact) mass is 226 g/mol. The molecule has 0 radical (unpaired) electrons. The van der Waals surface area contributed by atoms with Gasteiger partial charge in [-0.2, -0.15) is 0 Å². The van der Waals surface area contributed by atoms with Gasteiger partial charge in [-0.05, 0) is 12.1 Å². The number of aldehydes is 1. The van der Waals surface area contributed by atoms with Crippen LogP contribution < -0.4 is 4.74 Å². The Balaban J connectivity index is 2.15. The van der Waals surface area contributed by atoms with Crippen molar-refractivity contribution >= 4 is 6.29 Å². The molecule has 0 aromatic heterocycles. The number of hydrogen-bond acceptors (Lipinski definition) is 3. The fraction of sp³-hybridized carbons (Fsp3) is 0.0714. The van der Waals surface area contributed by atoms with E-state index in [1.807, 2.05) is 18.2 Å². The molecule has 0 fully saturated rings. The Morgan fingerprint density at radius 3 is 2.65 bits per heavy atom. The predicted molar refractivity (Wildman–Crippen MR) is 62.4 cm³/mol. The van der Waals surface area contributed by atoms with E-state index in [1.165, 1.54) is 0 Å². The van der Waals surface area contributed by atoms with Crippen molar-refractivity contribution in [2.24, 2.45) is 0 Å². The highest BCUT2D eigenvalue weighted by atomic mass is 16.5. The van der Waals surface area contributed by atoms with Gasteiger partial charge in [0.15, 0.2) is 0 Å². The molecule has 0 aliphatic carbocycles. The van der Waals surface area contributed by atoms with Crippen molar-refractivity contribution in [1.29, 1.82) is 0 Å². The number of aliphatic hydroxyl groups excluding tert-OH is 1. The summed E-state index contributed by atoms with van der Waals surface area (Å²) in [5, 5.41) is 10.2. The highest BCUT2D eigenvalue weighted by molar-refractivity contribution is 5.76. The van der Waals surface area contributed by atoms with E-state index in [-0.39, 0.29) is 0 Å². The molecule has 1 atom stereocenters. The molecular formula is C14H10O3. The quantitative estimate of drug-likeness (QED) is 0.760. The molecule has 2 aromatic carbocycles. The molecule has 2 aromatic rings. The molecule has 1 aliphatic rings. The molecule has 1 aliphatic heterocycles. The summed E-state index contributed by atoms with van der Waals surface area (Å²) in [6, 6.07) is 12.4. The van der Waals surface area contributed by atoms with Crippen LogP contribution in [-0.2, 0) is 0 Å². The van der Waals surface area contributed by atoms with E-state index >= 15 is 0 Å². The zero-order valence-electron chi connectivity index (χ0n) is 8.96. The van der Waals surface area contributed by atoms with Gasteiger partial charge in [-0.15, -0.1) is 0 Å². The Morgan fingerprint density at radius 2 is 1.82 bits per heavy atom. The first kappa shape index (κ1) is 10.1. The van der Waals surface area contributed by atoms with Gasteiger partial charge in [-0.25, -0.2) is 0 Å². The maximum absolute atomic E-state index is 10.7. The maximum atomic E-state index is 10.7. The van der Waals surface area contributed by atoms with Crippen LogP contribution in [0.1, 0.15) is 27.6 Å². The SMILES string of the molecule is O=Cc1ccc2c(c1)Oc1ccccc1C2O. The number of carbonyl (C=O) groups excluding carboxylic acids is 1. The molecule has 84 valence electrons. The molecule has 0 saturated heterocycles. The third kappa shape index (κ3) is 1.52. The Labute approximate surface area is 98.3 Å². The van der Waals surface area contributed by atoms with Crippen LogP contribution in [0.4, 0.5) is 0 Å². The van der Waals surface area contributed by atoms with Crippen LogP contribution >= 0.6 is 0 Å². The minimum atomic E-state index is -0.698. The van der Waals surface area contributed by atoms with Crippen molar-refractivity contribution in [3.63, 3.8) is 0 Å². The Hall–Kier alpha value is -2.13. The van der Waals surface area contributed by atoms with E-state index in [0.717, 1.165) is 11.8 Å². The van der Waals surface area contributed by atoms with E-state index < -0.39 is 6.10 Å². The molecule has 1 N–H and O–H groups in total. The molecule has 0 spiro atoms. The Morgan fingerprint density at radius 1 is 1.06 bits per heavy atom. The normalized spacial score (nSPS) is 16.6. The summed E-state index contributed by atoms with van der Waals surface area (Å²) >= 11 is 0. The molecule has 0 saturated carbocycles. The lowest BCUT2D eigenvalue weighted by molar-refractivity contribution is 0.112. The fourth-order valence-corrected chi connectivity index (χ4v) is 2.02. The van der Waals surface area contributed by atoms with Crippen LogP contribution in [0.15, 0.2) is 42.5 Å². The van der Waals surface area contributed by atoms with E-state index in [2.05, 4.69) is 0 Å². The van der Waals surface area contributed by atoms with Crippen LogP contribution in [0.5, 0.6) is 11.5 Å². The number of ether oxygens (including phenoxy) is 1. The summed E-state index contributed by atoms with van der Waals surface area (Å²) in [4.78, 5) is 10.7. The van der Waals surface area contributed by atoms with Crippen molar-refractivity contribution in [3.8, 4) is 11.5 Å².